The second kappa shape index (κ2) is 3.69. The maximum Gasteiger partial charge on any atom is 0.0947 e. The first-order chi connectivity index (χ1) is 4.70. The van der Waals surface area contributed by atoms with Gasteiger partial charge in [-0.25, -0.2) is 0 Å². The van der Waals surface area contributed by atoms with Gasteiger partial charge in [-0.05, 0) is 25.4 Å². The summed E-state index contributed by atoms with van der Waals surface area (Å²) in [7, 11) is 1.59. The van der Waals surface area contributed by atoms with Crippen LogP contribution in [0.2, 0.25) is 5.16 Å². The predicted molar refractivity (Wildman–Crippen MR) is 53.3 cm³/mol. The predicted octanol–water partition coefficient (Wildman–Crippen LogP) is -0.314. The van der Waals surface area contributed by atoms with E-state index in [1.165, 1.54) is 29.6 Å². The van der Waals surface area contributed by atoms with E-state index in [4.69, 9.17) is 0 Å². The number of hydrogen-bond acceptors (Lipinski definition) is 1. The van der Waals surface area contributed by atoms with Crippen LogP contribution in [-0.4, -0.2) is 37.1 Å². The average Bonchev–Trinajstić information content (AvgIpc) is 2.15. The van der Waals surface area contributed by atoms with E-state index in [1.807, 2.05) is 0 Å². The summed E-state index contributed by atoms with van der Waals surface area (Å²) in [4.78, 5) is 0. The summed E-state index contributed by atoms with van der Waals surface area (Å²) < 4.78 is 2.78. The lowest BCUT2D eigenvalue weighted by atomic mass is 10.3. The SMILES string of the molecule is CC([SiH3])[SiH2]N1CCCC1C. The molecule has 0 aromatic heterocycles. The van der Waals surface area contributed by atoms with Crippen LogP contribution in [0.3, 0.4) is 0 Å². The monoisotopic (exact) mass is 173 g/mol. The molecule has 0 saturated carbocycles. The van der Waals surface area contributed by atoms with E-state index in [-0.39, 0.29) is 9.68 Å². The summed E-state index contributed by atoms with van der Waals surface area (Å²) in [6.07, 6.45) is 2.92. The minimum absolute atomic E-state index is 0.170. The van der Waals surface area contributed by atoms with Crippen molar-refractivity contribution in [2.45, 2.75) is 37.9 Å². The van der Waals surface area contributed by atoms with E-state index in [0.29, 0.717) is 0 Å². The van der Waals surface area contributed by atoms with E-state index >= 15 is 0 Å². The largest absolute Gasteiger partial charge is 0.327 e. The second-order valence-electron chi connectivity index (χ2n) is 3.88. The number of hydrogen-bond donors (Lipinski definition) is 0. The van der Waals surface area contributed by atoms with E-state index in [2.05, 4.69) is 18.4 Å². The molecule has 1 fully saturated rings. The molecule has 1 nitrogen and oxygen atoms in total. The number of nitrogens with zero attached hydrogens (tertiary/aromatic N) is 1. The van der Waals surface area contributed by atoms with Crippen LogP contribution in [0.1, 0.15) is 26.7 Å². The van der Waals surface area contributed by atoms with E-state index in [9.17, 15) is 0 Å². The molecule has 0 bridgehead atoms. The first-order valence-corrected chi connectivity index (χ1v) is 7.04. The van der Waals surface area contributed by atoms with E-state index < -0.39 is 0 Å². The van der Waals surface area contributed by atoms with Crippen LogP contribution in [0.25, 0.3) is 0 Å². The quantitative estimate of drug-likeness (QED) is 0.518. The van der Waals surface area contributed by atoms with Crippen molar-refractivity contribution in [1.82, 2.24) is 4.57 Å². The Labute approximate surface area is 69.5 Å². The van der Waals surface area contributed by atoms with Crippen LogP contribution in [0, 0.1) is 0 Å². The minimum atomic E-state index is 0.170. The second-order valence-corrected chi connectivity index (χ2v) is 10.3. The normalized spacial score (nSPS) is 32.4. The highest BCUT2D eigenvalue weighted by Gasteiger charge is 2.20. The molecule has 60 valence electrons. The van der Waals surface area contributed by atoms with Crippen molar-refractivity contribution < 1.29 is 0 Å². The van der Waals surface area contributed by atoms with Crippen LogP contribution in [0.15, 0.2) is 0 Å². The van der Waals surface area contributed by atoms with Gasteiger partial charge >= 0.3 is 0 Å². The van der Waals surface area contributed by atoms with Gasteiger partial charge < -0.3 is 4.57 Å². The summed E-state index contributed by atoms with van der Waals surface area (Å²) in [5.41, 5.74) is 0. The molecule has 0 aromatic rings. The summed E-state index contributed by atoms with van der Waals surface area (Å²) >= 11 is 0. The minimum Gasteiger partial charge on any atom is -0.327 e. The van der Waals surface area contributed by atoms with Crippen LogP contribution < -0.4 is 0 Å². The zero-order valence-corrected chi connectivity index (χ0v) is 10.8. The van der Waals surface area contributed by atoms with E-state index in [0.717, 1.165) is 11.2 Å². The Kier molecular flexibility index (Phi) is 3.13. The van der Waals surface area contributed by atoms with Crippen molar-refractivity contribution in [3.05, 3.63) is 0 Å². The summed E-state index contributed by atoms with van der Waals surface area (Å²) in [6.45, 7) is 6.23. The van der Waals surface area contributed by atoms with Gasteiger partial charge in [0, 0.05) is 10.2 Å². The van der Waals surface area contributed by atoms with Gasteiger partial charge in [-0.2, -0.15) is 0 Å². The molecule has 1 aliphatic heterocycles. The molecule has 0 aliphatic carbocycles. The van der Waals surface area contributed by atoms with Crippen LogP contribution in [0.5, 0.6) is 0 Å². The Balaban J connectivity index is 2.26. The summed E-state index contributed by atoms with van der Waals surface area (Å²) in [5, 5.41) is 1.11. The van der Waals surface area contributed by atoms with Gasteiger partial charge in [0.05, 0.1) is 9.68 Å². The molecule has 0 radical (unpaired) electrons. The zero-order chi connectivity index (χ0) is 7.56. The highest BCUT2D eigenvalue weighted by Crippen LogP contribution is 2.16. The Morgan fingerprint density at radius 2 is 2.40 bits per heavy atom. The third-order valence-corrected chi connectivity index (χ3v) is 5.52. The fourth-order valence-electron chi connectivity index (χ4n) is 1.73. The van der Waals surface area contributed by atoms with Gasteiger partial charge in [0.25, 0.3) is 0 Å². The lowest BCUT2D eigenvalue weighted by Crippen LogP contribution is -2.32. The molecular weight excluding hydrogens is 154 g/mol. The topological polar surface area (TPSA) is 3.24 Å². The molecule has 3 heteroatoms. The van der Waals surface area contributed by atoms with Crippen molar-refractivity contribution in [3.8, 4) is 0 Å². The van der Waals surface area contributed by atoms with Gasteiger partial charge in [0.15, 0.2) is 0 Å². The Morgan fingerprint density at radius 3 is 2.80 bits per heavy atom. The van der Waals surface area contributed by atoms with Gasteiger partial charge in [-0.15, -0.1) is 0 Å². The fraction of sp³-hybridized carbons (Fsp3) is 1.00. The third kappa shape index (κ3) is 2.21. The van der Waals surface area contributed by atoms with Crippen molar-refractivity contribution in [3.63, 3.8) is 0 Å². The number of rotatable bonds is 2. The maximum absolute atomic E-state index is 2.78. The molecule has 1 saturated heterocycles. The van der Waals surface area contributed by atoms with Crippen molar-refractivity contribution >= 4 is 19.9 Å². The lowest BCUT2D eigenvalue weighted by Gasteiger charge is -2.22. The molecule has 0 N–H and O–H groups in total. The van der Waals surface area contributed by atoms with Crippen LogP contribution in [0.4, 0.5) is 0 Å². The Morgan fingerprint density at radius 1 is 1.70 bits per heavy atom. The van der Waals surface area contributed by atoms with Gasteiger partial charge in [-0.3, -0.25) is 0 Å². The fourth-order valence-corrected chi connectivity index (χ4v) is 5.03. The van der Waals surface area contributed by atoms with Crippen molar-refractivity contribution in [1.29, 1.82) is 0 Å². The molecule has 2 unspecified atom stereocenters. The lowest BCUT2D eigenvalue weighted by molar-refractivity contribution is 0.437. The summed E-state index contributed by atoms with van der Waals surface area (Å²) in [5.74, 6) is 0. The van der Waals surface area contributed by atoms with Crippen LogP contribution >= 0.6 is 0 Å². The van der Waals surface area contributed by atoms with Crippen molar-refractivity contribution in [2.24, 2.45) is 0 Å². The molecule has 1 heterocycles. The zero-order valence-electron chi connectivity index (χ0n) is 7.43. The summed E-state index contributed by atoms with van der Waals surface area (Å²) in [6, 6.07) is 0.933. The molecule has 0 amide bonds. The molecule has 0 spiro atoms. The first-order valence-electron chi connectivity index (χ1n) is 4.44. The van der Waals surface area contributed by atoms with E-state index in [1.54, 1.807) is 0 Å². The maximum atomic E-state index is 2.78. The molecule has 1 rings (SSSR count). The molecular formula is C7H19NSi2. The highest BCUT2D eigenvalue weighted by atomic mass is 28.3. The molecule has 10 heavy (non-hydrogen) atoms. The first kappa shape index (κ1) is 8.49. The smallest absolute Gasteiger partial charge is 0.0947 e. The van der Waals surface area contributed by atoms with Gasteiger partial charge in [0.2, 0.25) is 0 Å². The van der Waals surface area contributed by atoms with Gasteiger partial charge in [-0.1, -0.05) is 19.0 Å². The van der Waals surface area contributed by atoms with Gasteiger partial charge in [0.1, 0.15) is 0 Å². The van der Waals surface area contributed by atoms with Crippen molar-refractivity contribution in [2.75, 3.05) is 6.54 Å². The Hall–Kier alpha value is 0.394. The average molecular weight is 173 g/mol. The molecule has 2 atom stereocenters. The highest BCUT2D eigenvalue weighted by molar-refractivity contribution is 6.47. The van der Waals surface area contributed by atoms with Crippen LogP contribution in [-0.2, 0) is 0 Å². The standard InChI is InChI=1S/C7H19NSi2/c1-6-4-3-5-8(6)10-7(2)9/h6-7H,3-5,10H2,1-2,9H3. The third-order valence-electron chi connectivity index (χ3n) is 2.29. The Bertz CT molecular complexity index is 106. The molecule has 0 aromatic carbocycles. The molecule has 1 aliphatic rings.